The van der Waals surface area contributed by atoms with Gasteiger partial charge in [0.05, 0.1) is 12.2 Å². The summed E-state index contributed by atoms with van der Waals surface area (Å²) >= 11 is 1.65. The number of nitrogens with zero attached hydrogens (tertiary/aromatic N) is 3. The molecule has 5 nitrogen and oxygen atoms in total. The molecule has 0 saturated carbocycles. The van der Waals surface area contributed by atoms with E-state index in [2.05, 4.69) is 40.7 Å². The van der Waals surface area contributed by atoms with Gasteiger partial charge in [0, 0.05) is 30.9 Å². The van der Waals surface area contributed by atoms with Gasteiger partial charge >= 0.3 is 0 Å². The molecule has 0 saturated heterocycles. The first-order valence-corrected chi connectivity index (χ1v) is 8.99. The molecule has 1 unspecified atom stereocenters. The molecule has 2 aromatic rings. The zero-order valence-corrected chi connectivity index (χ0v) is 14.6. The summed E-state index contributed by atoms with van der Waals surface area (Å²) in [5.74, 6) is 0.847. The van der Waals surface area contributed by atoms with Gasteiger partial charge in [-0.15, -0.1) is 11.3 Å². The molecule has 2 aromatic heterocycles. The van der Waals surface area contributed by atoms with Crippen molar-refractivity contribution in [1.82, 2.24) is 20.0 Å². The topological polar surface area (TPSA) is 53.7 Å². The second-order valence-corrected chi connectivity index (χ2v) is 6.52. The first-order chi connectivity index (χ1) is 10.7. The lowest BCUT2D eigenvalue weighted by Gasteiger charge is -2.17. The van der Waals surface area contributed by atoms with Gasteiger partial charge in [0.1, 0.15) is 0 Å². The molecule has 0 amide bonds. The molecule has 22 heavy (non-hydrogen) atoms. The van der Waals surface area contributed by atoms with Crippen molar-refractivity contribution < 1.29 is 0 Å². The van der Waals surface area contributed by atoms with Crippen LogP contribution in [-0.4, -0.2) is 28.4 Å². The smallest absolute Gasteiger partial charge is 0.193 e. The lowest BCUT2D eigenvalue weighted by Crippen LogP contribution is -2.41. The highest BCUT2D eigenvalue weighted by atomic mass is 32.1. The van der Waals surface area contributed by atoms with E-state index in [0.717, 1.165) is 16.6 Å². The monoisotopic (exact) mass is 321 g/mol. The van der Waals surface area contributed by atoms with Crippen molar-refractivity contribution in [2.75, 3.05) is 7.05 Å². The van der Waals surface area contributed by atoms with E-state index >= 15 is 0 Å². The van der Waals surface area contributed by atoms with Crippen LogP contribution >= 0.6 is 11.3 Å². The third-order valence-corrected chi connectivity index (χ3v) is 4.45. The second-order valence-electron chi connectivity index (χ2n) is 5.65. The van der Waals surface area contributed by atoms with E-state index in [-0.39, 0.29) is 0 Å². The van der Waals surface area contributed by atoms with E-state index in [0.29, 0.717) is 12.6 Å². The second kappa shape index (κ2) is 8.78. The first-order valence-electron chi connectivity index (χ1n) is 8.11. The Morgan fingerprint density at radius 2 is 2.27 bits per heavy atom. The number of hydrogen-bond donors (Lipinski definition) is 2. The molecule has 0 spiro atoms. The third kappa shape index (κ3) is 5.02. The summed E-state index contributed by atoms with van der Waals surface area (Å²) in [4.78, 5) is 9.89. The largest absolute Gasteiger partial charge is 0.354 e. The SMILES string of the molecule is CCCCCCC(C)NC(=NC)NCc1cn2ccsc2n1. The van der Waals surface area contributed by atoms with E-state index in [1.807, 2.05) is 23.0 Å². The Hall–Kier alpha value is -1.56. The standard InChI is InChI=1S/C16H27N5S/c1-4-5-6-7-8-13(2)19-15(17-3)18-11-14-12-21-9-10-22-16(21)20-14/h9-10,12-13H,4-8,11H2,1-3H3,(H2,17,18,19). The molecule has 6 heteroatoms. The average molecular weight is 321 g/mol. The molecule has 2 rings (SSSR count). The van der Waals surface area contributed by atoms with Crippen LogP contribution in [0.1, 0.15) is 51.6 Å². The summed E-state index contributed by atoms with van der Waals surface area (Å²) in [6.45, 7) is 5.15. The Morgan fingerprint density at radius 1 is 1.41 bits per heavy atom. The zero-order valence-electron chi connectivity index (χ0n) is 13.8. The Morgan fingerprint density at radius 3 is 3.00 bits per heavy atom. The quantitative estimate of drug-likeness (QED) is 0.445. The Kier molecular flexibility index (Phi) is 6.71. The molecule has 2 heterocycles. The van der Waals surface area contributed by atoms with Gasteiger partial charge in [-0.1, -0.05) is 32.6 Å². The highest BCUT2D eigenvalue weighted by molar-refractivity contribution is 7.15. The number of imidazole rings is 1. The maximum Gasteiger partial charge on any atom is 0.193 e. The number of aliphatic imine (C=N–C) groups is 1. The van der Waals surface area contributed by atoms with Crippen LogP contribution in [0.25, 0.3) is 4.96 Å². The minimum absolute atomic E-state index is 0.438. The molecule has 0 bridgehead atoms. The van der Waals surface area contributed by atoms with Crippen molar-refractivity contribution in [3.63, 3.8) is 0 Å². The van der Waals surface area contributed by atoms with Crippen LogP contribution in [0.4, 0.5) is 0 Å². The van der Waals surface area contributed by atoms with Gasteiger partial charge in [0.2, 0.25) is 0 Å². The molecule has 0 aliphatic rings. The van der Waals surface area contributed by atoms with Gasteiger partial charge in [-0.05, 0) is 13.3 Å². The minimum Gasteiger partial charge on any atom is -0.354 e. The Labute approximate surface area is 136 Å². The lowest BCUT2D eigenvalue weighted by molar-refractivity contribution is 0.537. The van der Waals surface area contributed by atoms with Crippen molar-refractivity contribution >= 4 is 22.3 Å². The number of unbranched alkanes of at least 4 members (excludes halogenated alkanes) is 3. The van der Waals surface area contributed by atoms with Gasteiger partial charge in [0.15, 0.2) is 10.9 Å². The van der Waals surface area contributed by atoms with Crippen LogP contribution in [0.2, 0.25) is 0 Å². The highest BCUT2D eigenvalue weighted by Gasteiger charge is 2.07. The van der Waals surface area contributed by atoms with Crippen LogP contribution in [0.15, 0.2) is 22.8 Å². The molecule has 1 atom stereocenters. The van der Waals surface area contributed by atoms with E-state index in [4.69, 9.17) is 0 Å². The summed E-state index contributed by atoms with van der Waals surface area (Å²) in [6, 6.07) is 0.438. The van der Waals surface area contributed by atoms with Gasteiger partial charge in [-0.25, -0.2) is 4.98 Å². The summed E-state index contributed by atoms with van der Waals surface area (Å²) in [5, 5.41) is 8.83. The van der Waals surface area contributed by atoms with Crippen molar-refractivity contribution in [3.8, 4) is 0 Å². The van der Waals surface area contributed by atoms with E-state index in [1.165, 1.54) is 32.1 Å². The zero-order chi connectivity index (χ0) is 15.8. The maximum atomic E-state index is 4.56. The Bertz CT molecular complexity index is 558. The molecule has 0 aliphatic carbocycles. The normalized spacial score (nSPS) is 13.5. The van der Waals surface area contributed by atoms with Crippen LogP contribution in [0.5, 0.6) is 0 Å². The highest BCUT2D eigenvalue weighted by Crippen LogP contribution is 2.11. The molecular formula is C16H27N5S. The fourth-order valence-corrected chi connectivity index (χ4v) is 3.13. The van der Waals surface area contributed by atoms with E-state index in [1.54, 1.807) is 11.3 Å². The van der Waals surface area contributed by atoms with Crippen molar-refractivity contribution in [2.45, 2.75) is 58.5 Å². The predicted octanol–water partition coefficient (Wildman–Crippen LogP) is 3.42. The van der Waals surface area contributed by atoms with E-state index < -0.39 is 0 Å². The molecule has 0 fully saturated rings. The number of rotatable bonds is 8. The van der Waals surface area contributed by atoms with Crippen molar-refractivity contribution in [1.29, 1.82) is 0 Å². The van der Waals surface area contributed by atoms with Crippen LogP contribution < -0.4 is 10.6 Å². The number of fused-ring (bicyclic) bond motifs is 1. The number of hydrogen-bond acceptors (Lipinski definition) is 3. The predicted molar refractivity (Wildman–Crippen MR) is 94.6 cm³/mol. The number of guanidine groups is 1. The molecule has 2 N–H and O–H groups in total. The number of thiazole rings is 1. The van der Waals surface area contributed by atoms with Crippen LogP contribution in [0, 0.1) is 0 Å². The summed E-state index contributed by atoms with van der Waals surface area (Å²) in [6.07, 6.45) is 10.5. The molecule has 122 valence electrons. The fraction of sp³-hybridized carbons (Fsp3) is 0.625. The number of aromatic nitrogens is 2. The third-order valence-electron chi connectivity index (χ3n) is 3.68. The lowest BCUT2D eigenvalue weighted by atomic mass is 10.1. The summed E-state index contributed by atoms with van der Waals surface area (Å²) < 4.78 is 2.05. The van der Waals surface area contributed by atoms with Crippen molar-refractivity contribution in [2.24, 2.45) is 4.99 Å². The average Bonchev–Trinajstić information content (AvgIpc) is 3.09. The van der Waals surface area contributed by atoms with E-state index in [9.17, 15) is 0 Å². The van der Waals surface area contributed by atoms with Gasteiger partial charge in [-0.2, -0.15) is 0 Å². The first kappa shape index (κ1) is 16.8. The fourth-order valence-electron chi connectivity index (χ4n) is 2.41. The summed E-state index contributed by atoms with van der Waals surface area (Å²) in [7, 11) is 1.81. The van der Waals surface area contributed by atoms with Crippen molar-refractivity contribution in [3.05, 3.63) is 23.5 Å². The van der Waals surface area contributed by atoms with Crippen LogP contribution in [0.3, 0.4) is 0 Å². The van der Waals surface area contributed by atoms with Gasteiger partial charge in [-0.3, -0.25) is 9.39 Å². The maximum absolute atomic E-state index is 4.56. The molecular weight excluding hydrogens is 294 g/mol. The summed E-state index contributed by atoms with van der Waals surface area (Å²) in [5.41, 5.74) is 1.03. The molecule has 0 aliphatic heterocycles. The molecule has 0 radical (unpaired) electrons. The molecule has 0 aromatic carbocycles. The number of nitrogens with one attached hydrogen (secondary N) is 2. The van der Waals surface area contributed by atoms with Crippen LogP contribution in [-0.2, 0) is 6.54 Å². The minimum atomic E-state index is 0.438. The Balaban J connectivity index is 1.73. The van der Waals surface area contributed by atoms with Gasteiger partial charge < -0.3 is 10.6 Å². The van der Waals surface area contributed by atoms with Gasteiger partial charge in [0.25, 0.3) is 0 Å².